The molecule has 0 N–H and O–H groups in total. The normalized spacial score (nSPS) is 21.5. The molecule has 1 fully saturated rings. The molecule has 3 rings (SSSR count). The van der Waals surface area contributed by atoms with E-state index in [4.69, 9.17) is 4.74 Å². The van der Waals surface area contributed by atoms with E-state index in [1.54, 1.807) is 11.3 Å². The molecule has 0 bridgehead atoms. The van der Waals surface area contributed by atoms with Gasteiger partial charge in [0, 0.05) is 5.56 Å². The van der Waals surface area contributed by atoms with Crippen molar-refractivity contribution in [3.63, 3.8) is 0 Å². The highest BCUT2D eigenvalue weighted by molar-refractivity contribution is 7.14. The number of carbonyl (C=O) groups is 1. The summed E-state index contributed by atoms with van der Waals surface area (Å²) in [5.74, 6) is 1.31. The third kappa shape index (κ3) is 3.53. The van der Waals surface area contributed by atoms with Crippen LogP contribution in [-0.2, 0) is 4.79 Å². The van der Waals surface area contributed by atoms with Crippen molar-refractivity contribution in [3.05, 3.63) is 29.3 Å². The number of aryl methyl sites for hydroxylation is 1. The number of esters is 1. The summed E-state index contributed by atoms with van der Waals surface area (Å²) in [6, 6.07) is 7.50. The van der Waals surface area contributed by atoms with E-state index in [0.717, 1.165) is 47.2 Å². The predicted octanol–water partition coefficient (Wildman–Crippen LogP) is 4.25. The summed E-state index contributed by atoms with van der Waals surface area (Å²) >= 11 is 1.55. The Balaban J connectivity index is 1.62. The maximum atomic E-state index is 12.2. The van der Waals surface area contributed by atoms with Gasteiger partial charge >= 0.3 is 5.97 Å². The molecule has 1 aliphatic carbocycles. The van der Waals surface area contributed by atoms with E-state index < -0.39 is 0 Å². The molecule has 0 atom stereocenters. The summed E-state index contributed by atoms with van der Waals surface area (Å²) in [7, 11) is 0. The summed E-state index contributed by atoms with van der Waals surface area (Å²) in [6.45, 7) is 4.18. The van der Waals surface area contributed by atoms with Crippen molar-refractivity contribution in [1.82, 2.24) is 10.2 Å². The number of nitrogens with zero attached hydrogens (tertiary/aromatic N) is 2. The van der Waals surface area contributed by atoms with Crippen LogP contribution in [0, 0.1) is 18.8 Å². The molecule has 0 saturated heterocycles. The Labute approximate surface area is 134 Å². The quantitative estimate of drug-likeness (QED) is 0.627. The fourth-order valence-corrected chi connectivity index (χ4v) is 3.47. The minimum Gasteiger partial charge on any atom is -0.426 e. The van der Waals surface area contributed by atoms with Crippen molar-refractivity contribution < 1.29 is 9.53 Å². The molecule has 1 aromatic heterocycles. The maximum absolute atomic E-state index is 12.2. The van der Waals surface area contributed by atoms with Crippen LogP contribution in [0.15, 0.2) is 24.3 Å². The van der Waals surface area contributed by atoms with Crippen LogP contribution in [0.25, 0.3) is 10.6 Å². The SMILES string of the molecule is Cc1nnc(-c2ccc(OC(=O)C3CCC(C)CC3)cc2)s1. The van der Waals surface area contributed by atoms with Crippen LogP contribution >= 0.6 is 11.3 Å². The Morgan fingerprint density at radius 2 is 1.82 bits per heavy atom. The Morgan fingerprint density at radius 1 is 1.14 bits per heavy atom. The van der Waals surface area contributed by atoms with E-state index >= 15 is 0 Å². The zero-order valence-electron chi connectivity index (χ0n) is 12.9. The number of ether oxygens (including phenoxy) is 1. The van der Waals surface area contributed by atoms with Gasteiger partial charge in [0.05, 0.1) is 5.92 Å². The van der Waals surface area contributed by atoms with Crippen LogP contribution in [-0.4, -0.2) is 16.2 Å². The lowest BCUT2D eigenvalue weighted by atomic mass is 9.83. The molecule has 1 aromatic carbocycles. The molecule has 4 nitrogen and oxygen atoms in total. The number of aromatic nitrogens is 2. The molecule has 0 unspecified atom stereocenters. The molecule has 0 amide bonds. The van der Waals surface area contributed by atoms with E-state index in [1.807, 2.05) is 31.2 Å². The lowest BCUT2D eigenvalue weighted by Gasteiger charge is -2.24. The lowest BCUT2D eigenvalue weighted by Crippen LogP contribution is -2.24. The number of hydrogen-bond donors (Lipinski definition) is 0. The Bertz CT molecular complexity index is 643. The summed E-state index contributed by atoms with van der Waals surface area (Å²) in [5.41, 5.74) is 0.997. The van der Waals surface area contributed by atoms with Gasteiger partial charge in [-0.15, -0.1) is 10.2 Å². The minimum absolute atomic E-state index is 0.0571. The van der Waals surface area contributed by atoms with Crippen LogP contribution in [0.2, 0.25) is 0 Å². The molecule has 1 aliphatic rings. The Morgan fingerprint density at radius 3 is 2.41 bits per heavy atom. The van der Waals surface area contributed by atoms with Crippen molar-refractivity contribution in [3.8, 4) is 16.3 Å². The standard InChI is InChI=1S/C17H20N2O2S/c1-11-3-5-14(6-4-11)17(20)21-15-9-7-13(8-10-15)16-19-18-12(2)22-16/h7-11,14H,3-6H2,1-2H3. The van der Waals surface area contributed by atoms with Crippen molar-refractivity contribution >= 4 is 17.3 Å². The van der Waals surface area contributed by atoms with Crippen LogP contribution in [0.4, 0.5) is 0 Å². The summed E-state index contributed by atoms with van der Waals surface area (Å²) in [5, 5.41) is 9.96. The number of benzene rings is 1. The highest BCUT2D eigenvalue weighted by atomic mass is 32.1. The highest BCUT2D eigenvalue weighted by Gasteiger charge is 2.25. The van der Waals surface area contributed by atoms with Gasteiger partial charge in [0.25, 0.3) is 0 Å². The van der Waals surface area contributed by atoms with Gasteiger partial charge in [-0.05, 0) is 62.8 Å². The van der Waals surface area contributed by atoms with Crippen molar-refractivity contribution in [1.29, 1.82) is 0 Å². The lowest BCUT2D eigenvalue weighted by molar-refractivity contribution is -0.140. The molecule has 0 spiro atoms. The molecule has 116 valence electrons. The van der Waals surface area contributed by atoms with Crippen molar-refractivity contribution in [2.75, 3.05) is 0 Å². The zero-order valence-corrected chi connectivity index (χ0v) is 13.7. The van der Waals surface area contributed by atoms with Crippen molar-refractivity contribution in [2.45, 2.75) is 39.5 Å². The molecular weight excluding hydrogens is 296 g/mol. The van der Waals surface area contributed by atoms with Gasteiger partial charge in [0.2, 0.25) is 0 Å². The molecule has 1 heterocycles. The first kappa shape index (κ1) is 15.2. The predicted molar refractivity (Wildman–Crippen MR) is 86.8 cm³/mol. The Kier molecular flexibility index (Phi) is 4.52. The van der Waals surface area contributed by atoms with Crippen LogP contribution < -0.4 is 4.74 Å². The number of hydrogen-bond acceptors (Lipinski definition) is 5. The van der Waals surface area contributed by atoms with Gasteiger partial charge in [0.15, 0.2) is 0 Å². The van der Waals surface area contributed by atoms with Gasteiger partial charge < -0.3 is 4.74 Å². The first-order valence-electron chi connectivity index (χ1n) is 7.74. The third-order valence-electron chi connectivity index (χ3n) is 4.19. The van der Waals surface area contributed by atoms with E-state index in [9.17, 15) is 4.79 Å². The summed E-state index contributed by atoms with van der Waals surface area (Å²) in [6.07, 6.45) is 4.13. The van der Waals surface area contributed by atoms with Crippen LogP contribution in [0.5, 0.6) is 5.75 Å². The van der Waals surface area contributed by atoms with E-state index in [0.29, 0.717) is 5.75 Å². The third-order valence-corrected chi connectivity index (χ3v) is 5.08. The smallest absolute Gasteiger partial charge is 0.314 e. The second-order valence-electron chi connectivity index (χ2n) is 6.03. The molecule has 0 aliphatic heterocycles. The second kappa shape index (κ2) is 6.57. The van der Waals surface area contributed by atoms with E-state index in [-0.39, 0.29) is 11.9 Å². The number of rotatable bonds is 3. The monoisotopic (exact) mass is 316 g/mol. The van der Waals surface area contributed by atoms with Gasteiger partial charge in [-0.1, -0.05) is 18.3 Å². The average molecular weight is 316 g/mol. The maximum Gasteiger partial charge on any atom is 0.314 e. The molecule has 2 aromatic rings. The van der Waals surface area contributed by atoms with Gasteiger partial charge in [-0.3, -0.25) is 4.79 Å². The fraction of sp³-hybridized carbons (Fsp3) is 0.471. The van der Waals surface area contributed by atoms with Crippen LogP contribution in [0.1, 0.15) is 37.6 Å². The summed E-state index contributed by atoms with van der Waals surface area (Å²) < 4.78 is 5.51. The molecular formula is C17H20N2O2S. The largest absolute Gasteiger partial charge is 0.426 e. The van der Waals surface area contributed by atoms with Gasteiger partial charge in [-0.25, -0.2) is 0 Å². The number of carbonyl (C=O) groups excluding carboxylic acids is 1. The highest BCUT2D eigenvalue weighted by Crippen LogP contribution is 2.30. The first-order valence-corrected chi connectivity index (χ1v) is 8.55. The minimum atomic E-state index is -0.0913. The molecule has 5 heteroatoms. The first-order chi connectivity index (χ1) is 10.6. The second-order valence-corrected chi connectivity index (χ2v) is 7.21. The van der Waals surface area contributed by atoms with E-state index in [1.165, 1.54) is 0 Å². The van der Waals surface area contributed by atoms with Crippen molar-refractivity contribution in [2.24, 2.45) is 11.8 Å². The summed E-state index contributed by atoms with van der Waals surface area (Å²) in [4.78, 5) is 12.2. The molecule has 22 heavy (non-hydrogen) atoms. The van der Waals surface area contributed by atoms with Crippen LogP contribution in [0.3, 0.4) is 0 Å². The van der Waals surface area contributed by atoms with E-state index in [2.05, 4.69) is 17.1 Å². The fourth-order valence-electron chi connectivity index (χ4n) is 2.77. The average Bonchev–Trinajstić information content (AvgIpc) is 2.95. The zero-order chi connectivity index (χ0) is 15.5. The van der Waals surface area contributed by atoms with Gasteiger partial charge in [-0.2, -0.15) is 0 Å². The Hall–Kier alpha value is -1.75. The van der Waals surface area contributed by atoms with Gasteiger partial charge in [0.1, 0.15) is 15.8 Å². The molecule has 0 radical (unpaired) electrons. The topological polar surface area (TPSA) is 52.1 Å². The molecule has 1 saturated carbocycles.